The third-order valence-corrected chi connectivity index (χ3v) is 5.35. The highest BCUT2D eigenvalue weighted by atomic mass is 35.5. The third-order valence-electron chi connectivity index (χ3n) is 5.35. The lowest BCUT2D eigenvalue weighted by molar-refractivity contribution is -0.343. The summed E-state index contributed by atoms with van der Waals surface area (Å²) in [5, 5.41) is 0.281. The number of fused-ring (bicyclic) bond motifs is 2. The Labute approximate surface area is 185 Å². The molecule has 8 heteroatoms. The summed E-state index contributed by atoms with van der Waals surface area (Å²) >= 11 is 0. The second-order valence-corrected chi connectivity index (χ2v) is 7.18. The number of allylic oxidation sites excluding steroid dienone is 1. The minimum Gasteiger partial charge on any atom is -1.00 e. The van der Waals surface area contributed by atoms with Crippen molar-refractivity contribution >= 4 is 34.0 Å². The van der Waals surface area contributed by atoms with Crippen molar-refractivity contribution in [1.82, 2.24) is 4.98 Å². The predicted octanol–water partition coefficient (Wildman–Crippen LogP) is 2.22. The molecule has 1 aliphatic rings. The summed E-state index contributed by atoms with van der Waals surface area (Å²) in [7, 11) is 0. The SMILES string of the molecule is Fc1cccc2c1C(=C(c1ccc(C(F)(F)F)cc1)c1c[nH]c3cccc(F)c13)C=[NH+]2.[Cl-]. The van der Waals surface area contributed by atoms with Crippen molar-refractivity contribution in [2.24, 2.45) is 0 Å². The minimum absolute atomic E-state index is 0. The van der Waals surface area contributed by atoms with Gasteiger partial charge in [0.15, 0.2) is 6.21 Å². The van der Waals surface area contributed by atoms with Crippen LogP contribution in [0.3, 0.4) is 0 Å². The number of aromatic amines is 1. The molecule has 0 atom stereocenters. The minimum atomic E-state index is -4.49. The molecule has 0 radical (unpaired) electrons. The van der Waals surface area contributed by atoms with Gasteiger partial charge in [-0.25, -0.2) is 13.8 Å². The van der Waals surface area contributed by atoms with E-state index in [0.717, 1.165) is 12.1 Å². The van der Waals surface area contributed by atoms with Crippen LogP contribution in [-0.4, -0.2) is 11.2 Å². The highest BCUT2D eigenvalue weighted by molar-refractivity contribution is 6.24. The Morgan fingerprint density at radius 3 is 2.25 bits per heavy atom. The maximum atomic E-state index is 14.7. The number of benzene rings is 3. The van der Waals surface area contributed by atoms with Crippen LogP contribution in [-0.2, 0) is 6.18 Å². The molecule has 3 aromatic carbocycles. The van der Waals surface area contributed by atoms with Gasteiger partial charge in [-0.05, 0) is 35.9 Å². The van der Waals surface area contributed by atoms with Crippen LogP contribution in [0.1, 0.15) is 22.3 Å². The quantitative estimate of drug-likeness (QED) is 0.430. The summed E-state index contributed by atoms with van der Waals surface area (Å²) in [6.07, 6.45) is -1.32. The van der Waals surface area contributed by atoms with Gasteiger partial charge in [0.05, 0.1) is 16.7 Å². The molecule has 0 spiro atoms. The fraction of sp³-hybridized carbons (Fsp3) is 0.0417. The second kappa shape index (κ2) is 7.91. The molecule has 2 nitrogen and oxygen atoms in total. The van der Waals surface area contributed by atoms with Crippen molar-refractivity contribution in [3.63, 3.8) is 0 Å². The van der Waals surface area contributed by atoms with Gasteiger partial charge in [0.1, 0.15) is 11.6 Å². The molecule has 1 aromatic heterocycles. The zero-order valence-corrected chi connectivity index (χ0v) is 17.0. The van der Waals surface area contributed by atoms with Crippen LogP contribution < -0.4 is 17.4 Å². The largest absolute Gasteiger partial charge is 1.00 e. The van der Waals surface area contributed by atoms with Crippen molar-refractivity contribution in [3.8, 4) is 0 Å². The van der Waals surface area contributed by atoms with Gasteiger partial charge in [0.2, 0.25) is 5.69 Å². The maximum Gasteiger partial charge on any atom is 0.416 e. The fourth-order valence-electron chi connectivity index (χ4n) is 3.96. The molecule has 162 valence electrons. The van der Waals surface area contributed by atoms with Crippen LogP contribution in [0.25, 0.3) is 22.0 Å². The summed E-state index contributed by atoms with van der Waals surface area (Å²) in [4.78, 5) is 5.99. The molecule has 2 N–H and O–H groups in total. The van der Waals surface area contributed by atoms with Gasteiger partial charge in [-0.15, -0.1) is 0 Å². The van der Waals surface area contributed by atoms with E-state index in [1.807, 2.05) is 0 Å². The summed E-state index contributed by atoms with van der Waals surface area (Å²) in [6, 6.07) is 13.7. The van der Waals surface area contributed by atoms with E-state index in [1.54, 1.807) is 36.7 Å². The first-order chi connectivity index (χ1) is 14.8. The number of nitrogens with one attached hydrogen (secondary N) is 2. The van der Waals surface area contributed by atoms with E-state index in [1.165, 1.54) is 24.3 Å². The summed E-state index contributed by atoms with van der Waals surface area (Å²) < 4.78 is 68.7. The van der Waals surface area contributed by atoms with Crippen LogP contribution in [0, 0.1) is 11.6 Å². The molecule has 5 rings (SSSR count). The molecule has 0 saturated heterocycles. The third kappa shape index (κ3) is 3.48. The molecule has 4 aromatic rings. The van der Waals surface area contributed by atoms with Crippen molar-refractivity contribution < 1.29 is 39.4 Å². The van der Waals surface area contributed by atoms with Crippen molar-refractivity contribution in [2.75, 3.05) is 0 Å². The lowest BCUT2D eigenvalue weighted by Gasteiger charge is -2.13. The maximum absolute atomic E-state index is 14.7. The normalized spacial score (nSPS) is 14.4. The van der Waals surface area contributed by atoms with Crippen LogP contribution in [0.4, 0.5) is 27.6 Å². The summed E-state index contributed by atoms with van der Waals surface area (Å²) in [5.41, 5.74) is 2.21. The first kappa shape index (κ1) is 21.8. The number of hydrogen-bond acceptors (Lipinski definition) is 0. The number of alkyl halides is 3. The van der Waals surface area contributed by atoms with Crippen LogP contribution in [0.5, 0.6) is 0 Å². The Hall–Kier alpha value is -3.45. The Balaban J connectivity index is 0.00000245. The molecular weight excluding hydrogens is 447 g/mol. The average molecular weight is 461 g/mol. The number of aromatic nitrogens is 1. The van der Waals surface area contributed by atoms with Gasteiger partial charge in [0, 0.05) is 34.3 Å². The lowest BCUT2D eigenvalue weighted by Crippen LogP contribution is -3.00. The first-order valence-corrected chi connectivity index (χ1v) is 9.41. The lowest BCUT2D eigenvalue weighted by atomic mass is 9.89. The van der Waals surface area contributed by atoms with E-state index >= 15 is 0 Å². The van der Waals surface area contributed by atoms with E-state index in [0.29, 0.717) is 33.5 Å². The van der Waals surface area contributed by atoms with Crippen molar-refractivity contribution in [1.29, 1.82) is 0 Å². The number of H-pyrrole nitrogens is 1. The van der Waals surface area contributed by atoms with E-state index in [2.05, 4.69) is 9.98 Å². The molecule has 0 aliphatic carbocycles. The van der Waals surface area contributed by atoms with Crippen LogP contribution >= 0.6 is 0 Å². The molecule has 0 amide bonds. The Morgan fingerprint density at radius 2 is 1.53 bits per heavy atom. The number of hydrogen-bond donors (Lipinski definition) is 2. The van der Waals surface area contributed by atoms with Crippen molar-refractivity contribution in [2.45, 2.75) is 6.18 Å². The zero-order valence-electron chi connectivity index (χ0n) is 16.2. The summed E-state index contributed by atoms with van der Waals surface area (Å²) in [6.45, 7) is 0. The fourth-order valence-corrected chi connectivity index (χ4v) is 3.96. The Morgan fingerprint density at radius 1 is 0.844 bits per heavy atom. The Kier molecular flexibility index (Phi) is 5.38. The topological polar surface area (TPSA) is 29.8 Å². The van der Waals surface area contributed by atoms with Gasteiger partial charge in [-0.2, -0.15) is 13.2 Å². The highest BCUT2D eigenvalue weighted by Crippen LogP contribution is 2.40. The van der Waals surface area contributed by atoms with E-state index in [9.17, 15) is 22.0 Å². The molecule has 0 fully saturated rings. The standard InChI is InChI=1S/C24H13F5N2.ClH/c25-17-3-1-5-19-22(17)15(11-30-19)21(13-7-9-14(10-8-13)24(27,28)29)16-12-31-20-6-2-4-18(26)23(16)20;/h1-12,30H;1H. The smallest absolute Gasteiger partial charge is 0.416 e. The predicted molar refractivity (Wildman–Crippen MR) is 109 cm³/mol. The van der Waals surface area contributed by atoms with Gasteiger partial charge in [-0.3, -0.25) is 0 Å². The average Bonchev–Trinajstić information content (AvgIpc) is 3.35. The van der Waals surface area contributed by atoms with E-state index in [-0.39, 0.29) is 23.4 Å². The van der Waals surface area contributed by atoms with Crippen molar-refractivity contribution in [3.05, 3.63) is 101 Å². The van der Waals surface area contributed by atoms with E-state index in [4.69, 9.17) is 0 Å². The van der Waals surface area contributed by atoms with Crippen LogP contribution in [0.15, 0.2) is 66.9 Å². The number of halogens is 6. The molecular formula is C24H14ClF5N2. The van der Waals surface area contributed by atoms with Crippen LogP contribution in [0.2, 0.25) is 0 Å². The molecule has 0 saturated carbocycles. The summed E-state index contributed by atoms with van der Waals surface area (Å²) in [5.74, 6) is -0.975. The van der Waals surface area contributed by atoms with Gasteiger partial charge in [-0.1, -0.05) is 24.3 Å². The molecule has 1 aliphatic heterocycles. The van der Waals surface area contributed by atoms with Gasteiger partial charge in [0.25, 0.3) is 0 Å². The molecule has 0 bridgehead atoms. The molecule has 32 heavy (non-hydrogen) atoms. The first-order valence-electron chi connectivity index (χ1n) is 9.41. The monoisotopic (exact) mass is 460 g/mol. The molecule has 2 heterocycles. The molecule has 0 unspecified atom stereocenters. The Bertz CT molecular complexity index is 1380. The number of rotatable bonds is 2. The van der Waals surface area contributed by atoms with Gasteiger partial charge < -0.3 is 17.4 Å². The second-order valence-electron chi connectivity index (χ2n) is 7.18. The zero-order chi connectivity index (χ0) is 21.8. The highest BCUT2D eigenvalue weighted by Gasteiger charge is 2.32. The van der Waals surface area contributed by atoms with Gasteiger partial charge >= 0.3 is 6.18 Å². The van der Waals surface area contributed by atoms with E-state index < -0.39 is 23.4 Å².